The summed E-state index contributed by atoms with van der Waals surface area (Å²) in [5.74, 6) is -0.422. The van der Waals surface area contributed by atoms with Crippen LogP contribution in [-0.4, -0.2) is 22.4 Å². The molecular formula is C15H20O5P+. The molecule has 0 saturated carbocycles. The Labute approximate surface area is 124 Å². The molecule has 1 heterocycles. The number of hydrogen-bond donors (Lipinski definition) is 2. The third kappa shape index (κ3) is 4.27. The standard InChI is InChI=1S/C15H20O5P/c1-2-6-14(16)20-15-13(9-10-19-15)21(17,18)11-12-7-4-3-5-8-12/h3-5,7-8,17-18H,2,6,9-11H2,1H3/q+1. The van der Waals surface area contributed by atoms with Crippen molar-refractivity contribution in [2.75, 3.05) is 6.61 Å². The van der Waals surface area contributed by atoms with Crippen molar-refractivity contribution >= 4 is 13.7 Å². The second kappa shape index (κ2) is 7.03. The van der Waals surface area contributed by atoms with E-state index in [0.29, 0.717) is 24.8 Å². The van der Waals surface area contributed by atoms with E-state index in [4.69, 9.17) is 9.47 Å². The van der Waals surface area contributed by atoms with Crippen molar-refractivity contribution in [3.63, 3.8) is 0 Å². The molecule has 0 aliphatic carbocycles. The van der Waals surface area contributed by atoms with Gasteiger partial charge in [0.2, 0.25) is 5.31 Å². The summed E-state index contributed by atoms with van der Waals surface area (Å²) in [6.07, 6.45) is 1.45. The summed E-state index contributed by atoms with van der Waals surface area (Å²) in [6.45, 7) is 2.18. The normalized spacial score (nSPS) is 15.0. The number of hydrogen-bond acceptors (Lipinski definition) is 5. The van der Waals surface area contributed by atoms with Gasteiger partial charge in [-0.15, -0.1) is 0 Å². The molecule has 0 saturated heterocycles. The summed E-state index contributed by atoms with van der Waals surface area (Å²) in [5, 5.41) is 0.329. The zero-order valence-electron chi connectivity index (χ0n) is 12.0. The van der Waals surface area contributed by atoms with E-state index in [9.17, 15) is 14.6 Å². The summed E-state index contributed by atoms with van der Waals surface area (Å²) in [5.41, 5.74) is 0.828. The highest BCUT2D eigenvalue weighted by molar-refractivity contribution is 7.68. The third-order valence-electron chi connectivity index (χ3n) is 3.15. The predicted octanol–water partition coefficient (Wildman–Crippen LogP) is 2.95. The molecule has 1 aromatic carbocycles. The summed E-state index contributed by atoms with van der Waals surface area (Å²) in [4.78, 5) is 32.4. The molecule has 0 spiro atoms. The molecule has 21 heavy (non-hydrogen) atoms. The number of rotatable bonds is 6. The first kappa shape index (κ1) is 16.0. The number of ether oxygens (including phenoxy) is 2. The number of esters is 1. The van der Waals surface area contributed by atoms with Crippen LogP contribution in [0.4, 0.5) is 0 Å². The van der Waals surface area contributed by atoms with E-state index in [-0.39, 0.29) is 18.5 Å². The van der Waals surface area contributed by atoms with Crippen LogP contribution < -0.4 is 0 Å². The van der Waals surface area contributed by atoms with Gasteiger partial charge in [0.1, 0.15) is 6.16 Å². The lowest BCUT2D eigenvalue weighted by Gasteiger charge is -2.13. The molecule has 0 radical (unpaired) electrons. The van der Waals surface area contributed by atoms with Gasteiger partial charge in [0.15, 0.2) is 0 Å². The summed E-state index contributed by atoms with van der Waals surface area (Å²) < 4.78 is 10.4. The fraction of sp³-hybridized carbons (Fsp3) is 0.400. The van der Waals surface area contributed by atoms with Gasteiger partial charge >= 0.3 is 19.6 Å². The van der Waals surface area contributed by atoms with Crippen LogP contribution in [0.5, 0.6) is 0 Å². The Hall–Kier alpha value is -1.42. The highest BCUT2D eigenvalue weighted by atomic mass is 31.2. The molecule has 2 rings (SSSR count). The molecule has 0 bridgehead atoms. The fourth-order valence-electron chi connectivity index (χ4n) is 2.13. The molecule has 0 unspecified atom stereocenters. The minimum absolute atomic E-state index is 0.0114. The van der Waals surface area contributed by atoms with Gasteiger partial charge in [0.25, 0.3) is 0 Å². The Morgan fingerprint density at radius 1 is 1.33 bits per heavy atom. The van der Waals surface area contributed by atoms with Gasteiger partial charge in [-0.2, -0.15) is 0 Å². The molecule has 5 nitrogen and oxygen atoms in total. The molecule has 1 aromatic rings. The monoisotopic (exact) mass is 311 g/mol. The molecule has 1 aliphatic heterocycles. The molecule has 6 heteroatoms. The second-order valence-corrected chi connectivity index (χ2v) is 7.25. The Kier molecular flexibility index (Phi) is 5.34. The minimum Gasteiger partial charge on any atom is -0.462 e. The van der Waals surface area contributed by atoms with Crippen LogP contribution in [0.1, 0.15) is 31.7 Å². The van der Waals surface area contributed by atoms with Crippen molar-refractivity contribution in [1.29, 1.82) is 0 Å². The lowest BCUT2D eigenvalue weighted by atomic mass is 10.2. The number of benzene rings is 1. The lowest BCUT2D eigenvalue weighted by Crippen LogP contribution is -2.07. The van der Waals surface area contributed by atoms with E-state index in [2.05, 4.69) is 0 Å². The maximum Gasteiger partial charge on any atom is 0.332 e. The molecule has 0 amide bonds. The number of carbonyl (C=O) groups is 1. The smallest absolute Gasteiger partial charge is 0.332 e. The van der Waals surface area contributed by atoms with Crippen LogP contribution in [0.2, 0.25) is 0 Å². The van der Waals surface area contributed by atoms with E-state index in [1.807, 2.05) is 37.3 Å². The average molecular weight is 311 g/mol. The zero-order chi connectivity index (χ0) is 15.3. The Bertz CT molecular complexity index is 524. The van der Waals surface area contributed by atoms with Crippen molar-refractivity contribution in [3.05, 3.63) is 47.2 Å². The quantitative estimate of drug-likeness (QED) is 0.624. The van der Waals surface area contributed by atoms with E-state index < -0.39 is 13.7 Å². The first-order chi connectivity index (χ1) is 10.0. The molecule has 2 N–H and O–H groups in total. The van der Waals surface area contributed by atoms with Crippen LogP contribution in [0.15, 0.2) is 41.6 Å². The van der Waals surface area contributed by atoms with Gasteiger partial charge < -0.3 is 9.47 Å². The van der Waals surface area contributed by atoms with Crippen molar-refractivity contribution in [2.24, 2.45) is 0 Å². The Balaban J connectivity index is 2.14. The fourth-order valence-corrected chi connectivity index (χ4v) is 3.89. The van der Waals surface area contributed by atoms with Crippen molar-refractivity contribution in [1.82, 2.24) is 0 Å². The molecule has 0 aromatic heterocycles. The molecule has 114 valence electrons. The van der Waals surface area contributed by atoms with Gasteiger partial charge in [0.05, 0.1) is 13.0 Å². The first-order valence-electron chi connectivity index (χ1n) is 6.97. The van der Waals surface area contributed by atoms with Crippen LogP contribution in [0, 0.1) is 0 Å². The van der Waals surface area contributed by atoms with Crippen LogP contribution >= 0.6 is 7.72 Å². The van der Waals surface area contributed by atoms with E-state index in [0.717, 1.165) is 5.56 Å². The predicted molar refractivity (Wildman–Crippen MR) is 80.1 cm³/mol. The van der Waals surface area contributed by atoms with Crippen LogP contribution in [0.3, 0.4) is 0 Å². The molecule has 1 aliphatic rings. The van der Waals surface area contributed by atoms with E-state index in [1.54, 1.807) is 0 Å². The van der Waals surface area contributed by atoms with Crippen molar-refractivity contribution in [3.8, 4) is 0 Å². The second-order valence-electron chi connectivity index (χ2n) is 4.93. The summed E-state index contributed by atoms with van der Waals surface area (Å²) >= 11 is 0. The van der Waals surface area contributed by atoms with Gasteiger partial charge in [-0.25, -0.2) is 9.79 Å². The maximum absolute atomic E-state index is 11.5. The molecule has 0 fully saturated rings. The lowest BCUT2D eigenvalue weighted by molar-refractivity contribution is -0.144. The van der Waals surface area contributed by atoms with Crippen molar-refractivity contribution in [2.45, 2.75) is 32.3 Å². The highest BCUT2D eigenvalue weighted by Gasteiger charge is 2.46. The summed E-state index contributed by atoms with van der Waals surface area (Å²) in [7, 11) is -3.37. The van der Waals surface area contributed by atoms with Gasteiger partial charge in [-0.1, -0.05) is 37.3 Å². The van der Waals surface area contributed by atoms with Gasteiger partial charge in [0, 0.05) is 6.42 Å². The van der Waals surface area contributed by atoms with E-state index >= 15 is 0 Å². The zero-order valence-corrected chi connectivity index (χ0v) is 12.9. The third-order valence-corrected chi connectivity index (χ3v) is 5.22. The van der Waals surface area contributed by atoms with Crippen LogP contribution in [-0.2, 0) is 20.4 Å². The minimum atomic E-state index is -3.37. The van der Waals surface area contributed by atoms with E-state index in [1.165, 1.54) is 0 Å². The average Bonchev–Trinajstić information content (AvgIpc) is 2.88. The summed E-state index contributed by atoms with van der Waals surface area (Å²) in [6, 6.07) is 9.23. The maximum atomic E-state index is 11.5. The van der Waals surface area contributed by atoms with Crippen LogP contribution in [0.25, 0.3) is 0 Å². The van der Waals surface area contributed by atoms with Gasteiger partial charge in [-0.3, -0.25) is 4.79 Å². The molecular weight excluding hydrogens is 291 g/mol. The topological polar surface area (TPSA) is 76.0 Å². The van der Waals surface area contributed by atoms with Gasteiger partial charge in [-0.05, 0) is 12.0 Å². The first-order valence-corrected chi connectivity index (χ1v) is 8.85. The SMILES string of the molecule is CCCC(=O)OC1=C([P+](O)(O)Cc2ccccc2)CCO1. The van der Waals surface area contributed by atoms with Crippen molar-refractivity contribution < 1.29 is 24.1 Å². The highest BCUT2D eigenvalue weighted by Crippen LogP contribution is 2.64. The number of carbonyl (C=O) groups excluding carboxylic acids is 1. The Morgan fingerprint density at radius 2 is 2.05 bits per heavy atom. The largest absolute Gasteiger partial charge is 0.462 e. The Morgan fingerprint density at radius 3 is 2.71 bits per heavy atom. The molecule has 0 atom stereocenters.